The Labute approximate surface area is 105 Å². The second-order valence-electron chi connectivity index (χ2n) is 3.84. The van der Waals surface area contributed by atoms with E-state index in [0.29, 0.717) is 18.1 Å². The van der Waals surface area contributed by atoms with Crippen molar-refractivity contribution in [2.24, 2.45) is 5.73 Å². The Morgan fingerprint density at radius 3 is 2.89 bits per heavy atom. The molecule has 18 heavy (non-hydrogen) atoms. The quantitative estimate of drug-likeness (QED) is 0.750. The third-order valence-corrected chi connectivity index (χ3v) is 2.55. The molecule has 2 heterocycles. The van der Waals surface area contributed by atoms with Crippen LogP contribution < -0.4 is 11.1 Å². The molecule has 2 aromatic rings. The third-order valence-electron chi connectivity index (χ3n) is 2.55. The predicted octanol–water partition coefficient (Wildman–Crippen LogP) is 1.08. The van der Waals surface area contributed by atoms with Gasteiger partial charge in [-0.3, -0.25) is 14.9 Å². The van der Waals surface area contributed by atoms with E-state index in [2.05, 4.69) is 20.5 Å². The normalized spacial score (nSPS) is 10.3. The van der Waals surface area contributed by atoms with Crippen molar-refractivity contribution in [3.63, 3.8) is 0 Å². The molecule has 0 spiro atoms. The van der Waals surface area contributed by atoms with Crippen LogP contribution in [0.5, 0.6) is 0 Å². The molecular formula is C12H15N5O. The molecule has 0 unspecified atom stereocenters. The van der Waals surface area contributed by atoms with Gasteiger partial charge in [0.25, 0.3) is 5.91 Å². The third kappa shape index (κ3) is 2.72. The van der Waals surface area contributed by atoms with Crippen LogP contribution in [0.25, 0.3) is 0 Å². The maximum Gasteiger partial charge on any atom is 0.275 e. The molecule has 4 N–H and O–H groups in total. The number of rotatable bonds is 4. The van der Waals surface area contributed by atoms with Gasteiger partial charge in [-0.05, 0) is 18.1 Å². The zero-order valence-electron chi connectivity index (χ0n) is 10.1. The van der Waals surface area contributed by atoms with Crippen LogP contribution in [0.1, 0.15) is 28.7 Å². The molecule has 0 aliphatic rings. The van der Waals surface area contributed by atoms with Crippen molar-refractivity contribution in [3.8, 4) is 0 Å². The van der Waals surface area contributed by atoms with Gasteiger partial charge in [0.15, 0.2) is 5.82 Å². The lowest BCUT2D eigenvalue weighted by molar-refractivity contribution is 0.102. The molecule has 0 saturated heterocycles. The van der Waals surface area contributed by atoms with Gasteiger partial charge in [0.2, 0.25) is 0 Å². The number of aryl methyl sites for hydroxylation is 1. The summed E-state index contributed by atoms with van der Waals surface area (Å²) in [7, 11) is 0. The van der Waals surface area contributed by atoms with Crippen molar-refractivity contribution < 1.29 is 4.79 Å². The Balaban J connectivity index is 2.06. The molecule has 0 aliphatic carbocycles. The van der Waals surface area contributed by atoms with Crippen LogP contribution in [0.3, 0.4) is 0 Å². The van der Waals surface area contributed by atoms with E-state index in [9.17, 15) is 4.79 Å². The van der Waals surface area contributed by atoms with E-state index in [-0.39, 0.29) is 5.91 Å². The Morgan fingerprint density at radius 1 is 1.50 bits per heavy atom. The summed E-state index contributed by atoms with van der Waals surface area (Å²) in [6.45, 7) is 2.42. The molecule has 0 aromatic carbocycles. The summed E-state index contributed by atoms with van der Waals surface area (Å²) < 4.78 is 0. The number of carbonyl (C=O) groups excluding carboxylic acids is 1. The van der Waals surface area contributed by atoms with Gasteiger partial charge in [0.05, 0.1) is 0 Å². The lowest BCUT2D eigenvalue weighted by atomic mass is 10.2. The number of hydrogen-bond acceptors (Lipinski definition) is 4. The Hall–Kier alpha value is -2.21. The summed E-state index contributed by atoms with van der Waals surface area (Å²) in [4.78, 5) is 15.9. The summed E-state index contributed by atoms with van der Waals surface area (Å²) in [5, 5.41) is 9.49. The van der Waals surface area contributed by atoms with E-state index in [1.165, 1.54) is 0 Å². The number of nitrogens with one attached hydrogen (secondary N) is 2. The summed E-state index contributed by atoms with van der Waals surface area (Å²) >= 11 is 0. The second-order valence-corrected chi connectivity index (χ2v) is 3.84. The van der Waals surface area contributed by atoms with Gasteiger partial charge in [-0.2, -0.15) is 5.10 Å². The van der Waals surface area contributed by atoms with Gasteiger partial charge in [-0.15, -0.1) is 0 Å². The van der Waals surface area contributed by atoms with Crippen molar-refractivity contribution in [2.75, 3.05) is 5.32 Å². The number of anilines is 1. The first-order valence-corrected chi connectivity index (χ1v) is 5.73. The van der Waals surface area contributed by atoms with E-state index in [0.717, 1.165) is 17.7 Å². The van der Waals surface area contributed by atoms with Gasteiger partial charge in [0.1, 0.15) is 5.69 Å². The smallest absolute Gasteiger partial charge is 0.275 e. The maximum absolute atomic E-state index is 11.9. The highest BCUT2D eigenvalue weighted by atomic mass is 16.1. The van der Waals surface area contributed by atoms with Gasteiger partial charge in [0, 0.05) is 24.5 Å². The van der Waals surface area contributed by atoms with E-state index in [4.69, 9.17) is 5.73 Å². The number of pyridine rings is 1. The number of aromatic amines is 1. The highest BCUT2D eigenvalue weighted by Gasteiger charge is 2.09. The maximum atomic E-state index is 11.9. The molecule has 0 fully saturated rings. The van der Waals surface area contributed by atoms with Crippen LogP contribution in [0.2, 0.25) is 0 Å². The monoisotopic (exact) mass is 245 g/mol. The minimum atomic E-state index is -0.285. The molecular weight excluding hydrogens is 230 g/mol. The largest absolute Gasteiger partial charge is 0.326 e. The predicted molar refractivity (Wildman–Crippen MR) is 68.0 cm³/mol. The number of nitrogens with two attached hydrogens (primary N) is 1. The lowest BCUT2D eigenvalue weighted by Gasteiger charge is -2.01. The number of amides is 1. The molecule has 0 bridgehead atoms. The van der Waals surface area contributed by atoms with Crippen LogP contribution in [0.4, 0.5) is 5.82 Å². The van der Waals surface area contributed by atoms with Gasteiger partial charge < -0.3 is 11.1 Å². The fraction of sp³-hybridized carbons (Fsp3) is 0.250. The molecule has 0 aliphatic heterocycles. The Bertz CT molecular complexity index is 532. The zero-order chi connectivity index (χ0) is 13.0. The minimum absolute atomic E-state index is 0.285. The highest BCUT2D eigenvalue weighted by Crippen LogP contribution is 2.08. The SMILES string of the molecule is CCc1cc(NC(=O)c2ccc(CN)cn2)n[nH]1. The Kier molecular flexibility index (Phi) is 3.69. The van der Waals surface area contributed by atoms with E-state index >= 15 is 0 Å². The van der Waals surface area contributed by atoms with Crippen LogP contribution in [0, 0.1) is 0 Å². The number of hydrogen-bond donors (Lipinski definition) is 3. The average Bonchev–Trinajstić information content (AvgIpc) is 2.86. The molecule has 94 valence electrons. The van der Waals surface area contributed by atoms with Crippen LogP contribution in [-0.4, -0.2) is 21.1 Å². The van der Waals surface area contributed by atoms with Crippen molar-refractivity contribution in [2.45, 2.75) is 19.9 Å². The van der Waals surface area contributed by atoms with E-state index in [1.807, 2.05) is 6.92 Å². The molecule has 1 amide bonds. The zero-order valence-corrected chi connectivity index (χ0v) is 10.1. The van der Waals surface area contributed by atoms with Crippen LogP contribution in [0.15, 0.2) is 24.4 Å². The Morgan fingerprint density at radius 2 is 2.33 bits per heavy atom. The summed E-state index contributed by atoms with van der Waals surface area (Å²) in [6, 6.07) is 5.22. The number of carbonyl (C=O) groups is 1. The number of aromatic nitrogens is 3. The summed E-state index contributed by atoms with van der Waals surface area (Å²) in [6.07, 6.45) is 2.43. The summed E-state index contributed by atoms with van der Waals surface area (Å²) in [5.74, 6) is 0.217. The van der Waals surface area contributed by atoms with Crippen molar-refractivity contribution in [1.29, 1.82) is 0 Å². The molecule has 6 nitrogen and oxygen atoms in total. The molecule has 0 atom stereocenters. The first kappa shape index (κ1) is 12.3. The van der Waals surface area contributed by atoms with Crippen molar-refractivity contribution >= 4 is 11.7 Å². The van der Waals surface area contributed by atoms with Gasteiger partial charge >= 0.3 is 0 Å². The van der Waals surface area contributed by atoms with E-state index < -0.39 is 0 Å². The van der Waals surface area contributed by atoms with E-state index in [1.54, 1.807) is 24.4 Å². The summed E-state index contributed by atoms with van der Waals surface area (Å²) in [5.41, 5.74) is 7.66. The lowest BCUT2D eigenvalue weighted by Crippen LogP contribution is -2.14. The average molecular weight is 245 g/mol. The van der Waals surface area contributed by atoms with Crippen LogP contribution in [-0.2, 0) is 13.0 Å². The number of nitrogens with zero attached hydrogens (tertiary/aromatic N) is 2. The minimum Gasteiger partial charge on any atom is -0.326 e. The molecule has 2 rings (SSSR count). The van der Waals surface area contributed by atoms with Gasteiger partial charge in [-0.25, -0.2) is 0 Å². The van der Waals surface area contributed by atoms with Gasteiger partial charge in [-0.1, -0.05) is 13.0 Å². The standard InChI is InChI=1S/C12H15N5O/c1-2-9-5-11(17-16-9)15-12(18)10-4-3-8(6-13)7-14-10/h3-5,7H,2,6,13H2,1H3,(H2,15,16,17,18). The first-order valence-electron chi connectivity index (χ1n) is 5.73. The first-order chi connectivity index (χ1) is 8.72. The molecule has 0 radical (unpaired) electrons. The van der Waals surface area contributed by atoms with Crippen molar-refractivity contribution in [3.05, 3.63) is 41.3 Å². The van der Waals surface area contributed by atoms with Crippen LogP contribution >= 0.6 is 0 Å². The molecule has 6 heteroatoms. The molecule has 2 aromatic heterocycles. The fourth-order valence-electron chi connectivity index (χ4n) is 1.47. The highest BCUT2D eigenvalue weighted by molar-refractivity contribution is 6.02. The topological polar surface area (TPSA) is 96.7 Å². The van der Waals surface area contributed by atoms with Crippen molar-refractivity contribution in [1.82, 2.24) is 15.2 Å². The number of H-pyrrole nitrogens is 1. The molecule has 0 saturated carbocycles. The second kappa shape index (κ2) is 5.42. The fourth-order valence-corrected chi connectivity index (χ4v) is 1.47.